The summed E-state index contributed by atoms with van der Waals surface area (Å²) in [6.45, 7) is 1.66. The third kappa shape index (κ3) is 4.92. The van der Waals surface area contributed by atoms with Gasteiger partial charge in [-0.15, -0.1) is 0 Å². The third-order valence-corrected chi connectivity index (χ3v) is 5.39. The van der Waals surface area contributed by atoms with Gasteiger partial charge in [-0.2, -0.15) is 5.10 Å². The van der Waals surface area contributed by atoms with E-state index in [9.17, 15) is 18.5 Å². The number of halogens is 1. The maximum absolute atomic E-state index is 12.6. The predicted molar refractivity (Wildman–Crippen MR) is 110 cm³/mol. The van der Waals surface area contributed by atoms with E-state index in [1.54, 1.807) is 31.2 Å². The number of nitro groups is 1. The summed E-state index contributed by atoms with van der Waals surface area (Å²) in [4.78, 5) is 10.5. The number of nitro benzene ring substituents is 1. The van der Waals surface area contributed by atoms with Crippen LogP contribution in [0.1, 0.15) is 12.7 Å². The first-order valence-electron chi connectivity index (χ1n) is 8.17. The highest BCUT2D eigenvalue weighted by Crippen LogP contribution is 2.29. The van der Waals surface area contributed by atoms with Gasteiger partial charge < -0.3 is 4.42 Å². The lowest BCUT2D eigenvalue weighted by molar-refractivity contribution is -0.384. The second kappa shape index (κ2) is 8.33. The van der Waals surface area contributed by atoms with E-state index in [0.29, 0.717) is 16.5 Å². The van der Waals surface area contributed by atoms with Gasteiger partial charge in [0.15, 0.2) is 0 Å². The lowest BCUT2D eigenvalue weighted by Gasteiger charge is -2.10. The van der Waals surface area contributed by atoms with Crippen LogP contribution in [0.5, 0.6) is 0 Å². The Kier molecular flexibility index (Phi) is 5.85. The summed E-state index contributed by atoms with van der Waals surface area (Å²) in [5.41, 5.74) is 2.85. The van der Waals surface area contributed by atoms with Crippen molar-refractivity contribution in [3.05, 3.63) is 81.8 Å². The number of hydrogen-bond acceptors (Lipinski definition) is 7. The molecular weight excluding hydrogens is 420 g/mol. The number of anilines is 2. The number of nitrogens with zero attached hydrogens (tertiary/aromatic N) is 2. The van der Waals surface area contributed by atoms with E-state index in [4.69, 9.17) is 16.0 Å². The average molecular weight is 435 g/mol. The van der Waals surface area contributed by atoms with Crippen molar-refractivity contribution in [2.45, 2.75) is 11.8 Å². The molecule has 3 aromatic rings. The molecule has 2 N–H and O–H groups in total. The molecular formula is C18H15ClN4O5S. The van der Waals surface area contributed by atoms with Crippen LogP contribution in [0.25, 0.3) is 0 Å². The van der Waals surface area contributed by atoms with Gasteiger partial charge in [-0.3, -0.25) is 20.3 Å². The zero-order valence-electron chi connectivity index (χ0n) is 15.0. The van der Waals surface area contributed by atoms with E-state index in [0.717, 1.165) is 6.07 Å². The van der Waals surface area contributed by atoms with Gasteiger partial charge in [0.2, 0.25) is 0 Å². The van der Waals surface area contributed by atoms with Gasteiger partial charge in [0.25, 0.3) is 15.7 Å². The molecule has 0 unspecified atom stereocenters. The molecule has 3 rings (SSSR count). The Morgan fingerprint density at radius 2 is 1.97 bits per heavy atom. The van der Waals surface area contributed by atoms with Crippen LogP contribution in [-0.2, 0) is 10.0 Å². The molecule has 150 valence electrons. The van der Waals surface area contributed by atoms with Crippen molar-refractivity contribution in [3.63, 3.8) is 0 Å². The van der Waals surface area contributed by atoms with Crippen molar-refractivity contribution >= 4 is 44.4 Å². The van der Waals surface area contributed by atoms with E-state index < -0.39 is 20.6 Å². The fourth-order valence-electron chi connectivity index (χ4n) is 2.37. The number of hydrogen-bond donors (Lipinski definition) is 2. The lowest BCUT2D eigenvalue weighted by atomic mass is 10.3. The molecule has 0 fully saturated rings. The summed E-state index contributed by atoms with van der Waals surface area (Å²) in [5, 5.41) is 15.8. The second-order valence-electron chi connectivity index (χ2n) is 5.84. The Morgan fingerprint density at radius 1 is 1.17 bits per heavy atom. The van der Waals surface area contributed by atoms with Gasteiger partial charge >= 0.3 is 0 Å². The Balaban J connectivity index is 1.89. The van der Waals surface area contributed by atoms with Crippen LogP contribution < -0.4 is 10.1 Å². The molecule has 1 heterocycles. The number of sulfonamides is 1. The van der Waals surface area contributed by atoms with E-state index in [1.807, 2.05) is 0 Å². The summed E-state index contributed by atoms with van der Waals surface area (Å²) in [6.07, 6.45) is 1.48. The van der Waals surface area contributed by atoms with Gasteiger partial charge in [0, 0.05) is 11.1 Å². The number of hydrazone groups is 1. The zero-order chi connectivity index (χ0) is 21.0. The Hall–Kier alpha value is -3.37. The lowest BCUT2D eigenvalue weighted by Crippen LogP contribution is -2.13. The maximum Gasteiger partial charge on any atom is 0.295 e. The molecule has 0 aliphatic heterocycles. The number of rotatable bonds is 7. The SMILES string of the molecule is CC(=NNc1ccc(S(=O)(=O)Nc2cccc(Cl)c2)cc1[N+](=O)[O-])c1ccco1. The third-order valence-electron chi connectivity index (χ3n) is 3.77. The van der Waals surface area contributed by atoms with Crippen molar-refractivity contribution < 1.29 is 17.8 Å². The van der Waals surface area contributed by atoms with Crippen LogP contribution in [0.3, 0.4) is 0 Å². The molecule has 0 bridgehead atoms. The molecule has 0 radical (unpaired) electrons. The standard InChI is InChI=1S/C18H15ClN4O5S/c1-12(18-6-3-9-28-18)20-21-16-8-7-15(11-17(16)23(24)25)29(26,27)22-14-5-2-4-13(19)10-14/h2-11,21-22H,1H3. The van der Waals surface area contributed by atoms with Crippen molar-refractivity contribution in [1.82, 2.24) is 0 Å². The zero-order valence-corrected chi connectivity index (χ0v) is 16.6. The molecule has 0 atom stereocenters. The molecule has 0 aliphatic rings. The summed E-state index contributed by atoms with van der Waals surface area (Å²) >= 11 is 5.85. The number of nitrogens with one attached hydrogen (secondary N) is 2. The van der Waals surface area contributed by atoms with Gasteiger partial charge in [-0.05, 0) is 49.4 Å². The first-order valence-corrected chi connectivity index (χ1v) is 10.0. The van der Waals surface area contributed by atoms with Crippen molar-refractivity contribution in [1.29, 1.82) is 0 Å². The van der Waals surface area contributed by atoms with Gasteiger partial charge in [0.1, 0.15) is 17.2 Å². The topological polar surface area (TPSA) is 127 Å². The van der Waals surface area contributed by atoms with Crippen LogP contribution in [0.15, 0.2) is 75.3 Å². The fourth-order valence-corrected chi connectivity index (χ4v) is 3.63. The van der Waals surface area contributed by atoms with Gasteiger partial charge in [-0.25, -0.2) is 8.42 Å². The summed E-state index contributed by atoms with van der Waals surface area (Å²) in [6, 6.07) is 12.9. The van der Waals surface area contributed by atoms with Crippen LogP contribution in [0, 0.1) is 10.1 Å². The number of furan rings is 1. The van der Waals surface area contributed by atoms with Crippen molar-refractivity contribution in [3.8, 4) is 0 Å². The molecule has 29 heavy (non-hydrogen) atoms. The van der Waals surface area contributed by atoms with Crippen LogP contribution in [0.2, 0.25) is 5.02 Å². The smallest absolute Gasteiger partial charge is 0.295 e. The predicted octanol–water partition coefficient (Wildman–Crippen LogP) is 4.48. The van der Waals surface area contributed by atoms with Crippen molar-refractivity contribution in [2.24, 2.45) is 5.10 Å². The minimum absolute atomic E-state index is 0.0302. The van der Waals surface area contributed by atoms with Gasteiger partial charge in [-0.1, -0.05) is 17.7 Å². The quantitative estimate of drug-likeness (QED) is 0.320. The molecule has 0 amide bonds. The minimum Gasteiger partial charge on any atom is -0.463 e. The van der Waals surface area contributed by atoms with E-state index in [2.05, 4.69) is 15.2 Å². The first-order chi connectivity index (χ1) is 13.8. The molecule has 0 spiro atoms. The van der Waals surface area contributed by atoms with E-state index in [-0.39, 0.29) is 16.3 Å². The highest BCUT2D eigenvalue weighted by atomic mass is 35.5. The monoisotopic (exact) mass is 434 g/mol. The Morgan fingerprint density at radius 3 is 2.62 bits per heavy atom. The van der Waals surface area contributed by atoms with Crippen LogP contribution in [0.4, 0.5) is 17.1 Å². The van der Waals surface area contributed by atoms with E-state index >= 15 is 0 Å². The molecule has 2 aromatic carbocycles. The van der Waals surface area contributed by atoms with Crippen LogP contribution in [-0.4, -0.2) is 19.1 Å². The average Bonchev–Trinajstić information content (AvgIpc) is 3.20. The van der Waals surface area contributed by atoms with E-state index in [1.165, 1.54) is 30.5 Å². The van der Waals surface area contributed by atoms with Gasteiger partial charge in [0.05, 0.1) is 21.8 Å². The minimum atomic E-state index is -4.06. The fraction of sp³-hybridized carbons (Fsp3) is 0.0556. The summed E-state index contributed by atoms with van der Waals surface area (Å²) in [7, 11) is -4.06. The molecule has 0 saturated carbocycles. The highest BCUT2D eigenvalue weighted by Gasteiger charge is 2.22. The second-order valence-corrected chi connectivity index (χ2v) is 7.96. The molecule has 0 aliphatic carbocycles. The van der Waals surface area contributed by atoms with Crippen molar-refractivity contribution in [2.75, 3.05) is 10.1 Å². The molecule has 0 saturated heterocycles. The largest absolute Gasteiger partial charge is 0.463 e. The Bertz CT molecular complexity index is 1180. The maximum atomic E-state index is 12.6. The molecule has 1 aromatic heterocycles. The Labute approximate surface area is 171 Å². The van der Waals surface area contributed by atoms with Crippen LogP contribution >= 0.6 is 11.6 Å². The first kappa shape index (κ1) is 20.4. The normalized spacial score (nSPS) is 11.9. The molecule has 11 heteroatoms. The molecule has 9 nitrogen and oxygen atoms in total. The number of benzene rings is 2. The summed E-state index contributed by atoms with van der Waals surface area (Å²) < 4.78 is 32.7. The highest BCUT2D eigenvalue weighted by molar-refractivity contribution is 7.92. The summed E-state index contributed by atoms with van der Waals surface area (Å²) in [5.74, 6) is 0.491.